The third-order valence-corrected chi connectivity index (χ3v) is 4.61. The van der Waals surface area contributed by atoms with Gasteiger partial charge in [0.25, 0.3) is 5.91 Å². The van der Waals surface area contributed by atoms with Crippen LogP contribution in [-0.4, -0.2) is 22.3 Å². The number of amides is 1. The van der Waals surface area contributed by atoms with Crippen LogP contribution >= 0.6 is 0 Å². The lowest BCUT2D eigenvalue weighted by Crippen LogP contribution is -2.36. The fourth-order valence-corrected chi connectivity index (χ4v) is 3.17. The molecule has 1 aliphatic heterocycles. The summed E-state index contributed by atoms with van der Waals surface area (Å²) in [7, 11) is 0. The number of benzene rings is 2. The number of rotatable bonds is 3. The Morgan fingerprint density at radius 1 is 0.963 bits per heavy atom. The molecule has 27 heavy (non-hydrogen) atoms. The van der Waals surface area contributed by atoms with E-state index < -0.39 is 11.6 Å². The zero-order chi connectivity index (χ0) is 18.8. The van der Waals surface area contributed by atoms with E-state index in [1.807, 2.05) is 18.2 Å². The molecule has 136 valence electrons. The Labute approximate surface area is 155 Å². The van der Waals surface area contributed by atoms with E-state index in [0.717, 1.165) is 24.1 Å². The maximum absolute atomic E-state index is 13.3. The molecule has 6 heteroatoms. The fraction of sp³-hybridized carbons (Fsp3) is 0.143. The second-order valence-electron chi connectivity index (χ2n) is 6.43. The van der Waals surface area contributed by atoms with Crippen LogP contribution in [0, 0.1) is 11.6 Å². The van der Waals surface area contributed by atoms with E-state index in [2.05, 4.69) is 16.4 Å². The summed E-state index contributed by atoms with van der Waals surface area (Å²) in [4.78, 5) is 18.7. The molecular weight excluding hydrogens is 348 g/mol. The number of anilines is 2. The molecule has 0 saturated carbocycles. The largest absolute Gasteiger partial charge is 0.354 e. The summed E-state index contributed by atoms with van der Waals surface area (Å²) in [5.74, 6) is -1.95. The molecule has 3 aromatic rings. The van der Waals surface area contributed by atoms with E-state index >= 15 is 0 Å². The number of carbonyl (C=O) groups is 1. The predicted molar refractivity (Wildman–Crippen MR) is 98.8 cm³/mol. The van der Waals surface area contributed by atoms with E-state index in [1.54, 1.807) is 17.0 Å². The van der Waals surface area contributed by atoms with Gasteiger partial charge in [-0.2, -0.15) is 0 Å². The number of halogens is 2. The van der Waals surface area contributed by atoms with Gasteiger partial charge in [-0.25, -0.2) is 13.8 Å². The summed E-state index contributed by atoms with van der Waals surface area (Å²) in [5, 5.41) is 2.94. The zero-order valence-electron chi connectivity index (χ0n) is 14.5. The average Bonchev–Trinajstić information content (AvgIpc) is 2.70. The topological polar surface area (TPSA) is 45.2 Å². The van der Waals surface area contributed by atoms with Crippen LogP contribution in [0.2, 0.25) is 0 Å². The summed E-state index contributed by atoms with van der Waals surface area (Å²) in [6, 6.07) is 15.0. The van der Waals surface area contributed by atoms with Gasteiger partial charge in [0, 0.05) is 24.8 Å². The Morgan fingerprint density at radius 2 is 1.74 bits per heavy atom. The van der Waals surface area contributed by atoms with Crippen LogP contribution in [0.4, 0.5) is 20.2 Å². The number of hydrogen-bond acceptors (Lipinski definition) is 3. The SMILES string of the molecule is O=C(c1ccc(Nc2ccc(F)c(F)c2)cn1)N1CCc2ccccc2C1. The zero-order valence-corrected chi connectivity index (χ0v) is 14.5. The van der Waals surface area contributed by atoms with Gasteiger partial charge in [-0.05, 0) is 41.8 Å². The van der Waals surface area contributed by atoms with Crippen molar-refractivity contribution >= 4 is 17.3 Å². The third-order valence-electron chi connectivity index (χ3n) is 4.61. The molecule has 0 atom stereocenters. The summed E-state index contributed by atoms with van der Waals surface area (Å²) in [6.07, 6.45) is 2.34. The van der Waals surface area contributed by atoms with Crippen molar-refractivity contribution in [3.63, 3.8) is 0 Å². The van der Waals surface area contributed by atoms with Crippen molar-refractivity contribution in [3.05, 3.63) is 89.2 Å². The van der Waals surface area contributed by atoms with Crippen LogP contribution in [0.3, 0.4) is 0 Å². The molecule has 1 aliphatic rings. The molecule has 4 rings (SSSR count). The van der Waals surface area contributed by atoms with E-state index in [0.29, 0.717) is 30.2 Å². The standard InChI is InChI=1S/C21H17F2N3O/c22-18-7-5-16(11-19(18)23)25-17-6-8-20(24-12-17)21(27)26-10-9-14-3-1-2-4-15(14)13-26/h1-8,11-12,25H,9-10,13H2. The Bertz CT molecular complexity index is 989. The van der Waals surface area contributed by atoms with Gasteiger partial charge in [0.05, 0.1) is 11.9 Å². The van der Waals surface area contributed by atoms with E-state index in [1.165, 1.54) is 17.8 Å². The minimum absolute atomic E-state index is 0.121. The van der Waals surface area contributed by atoms with Gasteiger partial charge in [-0.3, -0.25) is 4.79 Å². The van der Waals surface area contributed by atoms with Crippen molar-refractivity contribution in [1.29, 1.82) is 0 Å². The minimum Gasteiger partial charge on any atom is -0.354 e. The van der Waals surface area contributed by atoms with Crippen LogP contribution in [-0.2, 0) is 13.0 Å². The lowest BCUT2D eigenvalue weighted by Gasteiger charge is -2.28. The number of fused-ring (bicyclic) bond motifs is 1. The molecule has 0 saturated heterocycles. The first-order valence-electron chi connectivity index (χ1n) is 8.64. The highest BCUT2D eigenvalue weighted by Crippen LogP contribution is 2.21. The van der Waals surface area contributed by atoms with Crippen molar-refractivity contribution in [1.82, 2.24) is 9.88 Å². The van der Waals surface area contributed by atoms with Gasteiger partial charge >= 0.3 is 0 Å². The predicted octanol–water partition coefficient (Wildman–Crippen LogP) is 4.30. The number of hydrogen-bond donors (Lipinski definition) is 1. The van der Waals surface area contributed by atoms with Crippen LogP contribution < -0.4 is 5.32 Å². The Morgan fingerprint density at radius 3 is 2.48 bits per heavy atom. The Balaban J connectivity index is 1.46. The molecule has 0 aliphatic carbocycles. The molecule has 4 nitrogen and oxygen atoms in total. The molecule has 2 heterocycles. The van der Waals surface area contributed by atoms with Gasteiger partial charge in [0.15, 0.2) is 11.6 Å². The number of aromatic nitrogens is 1. The molecule has 1 amide bonds. The molecule has 1 N–H and O–H groups in total. The van der Waals surface area contributed by atoms with Gasteiger partial charge in [0.1, 0.15) is 5.69 Å². The lowest BCUT2D eigenvalue weighted by molar-refractivity contribution is 0.0729. The highest BCUT2D eigenvalue weighted by atomic mass is 19.2. The highest BCUT2D eigenvalue weighted by Gasteiger charge is 2.22. The highest BCUT2D eigenvalue weighted by molar-refractivity contribution is 5.92. The molecule has 0 fully saturated rings. The Kier molecular flexibility index (Phi) is 4.54. The molecule has 1 aromatic heterocycles. The first-order valence-corrected chi connectivity index (χ1v) is 8.64. The van der Waals surface area contributed by atoms with E-state index in [-0.39, 0.29) is 5.91 Å². The maximum atomic E-state index is 13.3. The molecule has 0 unspecified atom stereocenters. The number of pyridine rings is 1. The van der Waals surface area contributed by atoms with Crippen molar-refractivity contribution in [3.8, 4) is 0 Å². The fourth-order valence-electron chi connectivity index (χ4n) is 3.17. The van der Waals surface area contributed by atoms with Crippen LogP contribution in [0.5, 0.6) is 0 Å². The average molecular weight is 365 g/mol. The van der Waals surface area contributed by atoms with Crippen LogP contribution in [0.15, 0.2) is 60.8 Å². The van der Waals surface area contributed by atoms with Crippen LogP contribution in [0.25, 0.3) is 0 Å². The quantitative estimate of drug-likeness (QED) is 0.753. The van der Waals surface area contributed by atoms with Crippen molar-refractivity contribution in [2.24, 2.45) is 0 Å². The number of nitrogens with one attached hydrogen (secondary N) is 1. The van der Waals surface area contributed by atoms with Gasteiger partial charge in [-0.1, -0.05) is 24.3 Å². The summed E-state index contributed by atoms with van der Waals surface area (Å²) >= 11 is 0. The second kappa shape index (κ2) is 7.15. The summed E-state index contributed by atoms with van der Waals surface area (Å²) in [6.45, 7) is 1.23. The van der Waals surface area contributed by atoms with Gasteiger partial charge in [0.2, 0.25) is 0 Å². The monoisotopic (exact) mass is 365 g/mol. The number of nitrogens with zero attached hydrogens (tertiary/aromatic N) is 2. The van der Waals surface area contributed by atoms with Gasteiger partial charge in [-0.15, -0.1) is 0 Å². The lowest BCUT2D eigenvalue weighted by atomic mass is 10.00. The van der Waals surface area contributed by atoms with Crippen molar-refractivity contribution in [2.75, 3.05) is 11.9 Å². The minimum atomic E-state index is -0.926. The first kappa shape index (κ1) is 17.1. The number of carbonyl (C=O) groups excluding carboxylic acids is 1. The summed E-state index contributed by atoms with van der Waals surface area (Å²) in [5.41, 5.74) is 3.78. The summed E-state index contributed by atoms with van der Waals surface area (Å²) < 4.78 is 26.3. The van der Waals surface area contributed by atoms with E-state index in [4.69, 9.17) is 0 Å². The smallest absolute Gasteiger partial charge is 0.272 e. The van der Waals surface area contributed by atoms with Crippen molar-refractivity contribution in [2.45, 2.75) is 13.0 Å². The molecule has 0 bridgehead atoms. The molecule has 0 radical (unpaired) electrons. The molecule has 2 aromatic carbocycles. The third kappa shape index (κ3) is 3.65. The first-order chi connectivity index (χ1) is 13.1. The Hall–Kier alpha value is -3.28. The van der Waals surface area contributed by atoms with Gasteiger partial charge < -0.3 is 10.2 Å². The van der Waals surface area contributed by atoms with E-state index in [9.17, 15) is 13.6 Å². The maximum Gasteiger partial charge on any atom is 0.272 e. The van der Waals surface area contributed by atoms with Crippen LogP contribution in [0.1, 0.15) is 21.6 Å². The normalized spacial score (nSPS) is 13.2. The van der Waals surface area contributed by atoms with Crippen molar-refractivity contribution < 1.29 is 13.6 Å². The second-order valence-corrected chi connectivity index (χ2v) is 6.43. The molecular formula is C21H17F2N3O. The molecule has 0 spiro atoms.